The van der Waals surface area contributed by atoms with E-state index in [1.165, 1.54) is 23.1 Å². The van der Waals surface area contributed by atoms with E-state index in [2.05, 4.69) is 10.1 Å². The minimum absolute atomic E-state index is 0.0909. The first-order valence-electron chi connectivity index (χ1n) is 7.71. The third-order valence-electron chi connectivity index (χ3n) is 3.85. The summed E-state index contributed by atoms with van der Waals surface area (Å²) >= 11 is 0. The summed E-state index contributed by atoms with van der Waals surface area (Å²) in [5.74, 6) is -0.443. The monoisotopic (exact) mass is 335 g/mol. The lowest BCUT2D eigenvalue weighted by molar-refractivity contribution is 0.0688. The molecule has 3 rings (SSSR count). The summed E-state index contributed by atoms with van der Waals surface area (Å²) in [7, 11) is 0. The van der Waals surface area contributed by atoms with E-state index >= 15 is 0 Å². The molecule has 1 aromatic heterocycles. The van der Waals surface area contributed by atoms with Crippen LogP contribution in [-0.4, -0.2) is 45.3 Å². The van der Waals surface area contributed by atoms with Gasteiger partial charge in [0.15, 0.2) is 17.4 Å². The average molecular weight is 335 g/mol. The van der Waals surface area contributed by atoms with Gasteiger partial charge in [0.05, 0.1) is 18.3 Å². The number of nitrogens with zero attached hydrogens (tertiary/aromatic N) is 3. The Morgan fingerprint density at radius 1 is 1.54 bits per heavy atom. The number of para-hydroxylation sites is 1. The lowest BCUT2D eigenvalue weighted by Gasteiger charge is -2.23. The van der Waals surface area contributed by atoms with E-state index in [1.807, 2.05) is 0 Å². The number of ether oxygens (including phenoxy) is 1. The van der Waals surface area contributed by atoms with Gasteiger partial charge in [-0.1, -0.05) is 11.2 Å². The number of rotatable bonds is 4. The number of hydrogen-bond acceptors (Lipinski definition) is 6. The Morgan fingerprint density at radius 2 is 2.33 bits per heavy atom. The van der Waals surface area contributed by atoms with Crippen LogP contribution in [-0.2, 0) is 0 Å². The number of aromatic nitrogens is 2. The van der Waals surface area contributed by atoms with Crippen molar-refractivity contribution in [2.75, 3.05) is 13.2 Å². The van der Waals surface area contributed by atoms with E-state index < -0.39 is 23.9 Å². The predicted octanol–water partition coefficient (Wildman–Crippen LogP) is 1.86. The van der Waals surface area contributed by atoms with Gasteiger partial charge in [0.25, 0.3) is 5.91 Å². The molecule has 2 heterocycles. The van der Waals surface area contributed by atoms with Crippen LogP contribution in [0.15, 0.2) is 22.7 Å². The Balaban J connectivity index is 1.95. The van der Waals surface area contributed by atoms with Crippen LogP contribution in [0, 0.1) is 12.7 Å². The van der Waals surface area contributed by atoms with Crippen LogP contribution >= 0.6 is 0 Å². The van der Waals surface area contributed by atoms with Gasteiger partial charge in [-0.2, -0.15) is 4.98 Å². The number of halogens is 1. The van der Waals surface area contributed by atoms with Crippen LogP contribution in [0.5, 0.6) is 5.75 Å². The normalized spacial score (nSPS) is 20.4. The first-order valence-corrected chi connectivity index (χ1v) is 7.71. The third-order valence-corrected chi connectivity index (χ3v) is 3.85. The highest BCUT2D eigenvalue weighted by molar-refractivity contribution is 5.97. The van der Waals surface area contributed by atoms with Gasteiger partial charge in [-0.15, -0.1) is 0 Å². The summed E-state index contributed by atoms with van der Waals surface area (Å²) in [6.07, 6.45) is -0.428. The van der Waals surface area contributed by atoms with Crippen molar-refractivity contribution in [3.8, 4) is 5.75 Å². The molecule has 1 fully saturated rings. The topological polar surface area (TPSA) is 88.7 Å². The zero-order valence-electron chi connectivity index (χ0n) is 13.4. The Morgan fingerprint density at radius 3 is 3.00 bits per heavy atom. The maximum absolute atomic E-state index is 14.0. The molecule has 0 radical (unpaired) electrons. The van der Waals surface area contributed by atoms with E-state index in [0.29, 0.717) is 5.82 Å². The molecule has 7 nitrogen and oxygen atoms in total. The van der Waals surface area contributed by atoms with E-state index in [4.69, 9.17) is 9.26 Å². The molecule has 1 amide bonds. The van der Waals surface area contributed by atoms with E-state index in [-0.39, 0.29) is 36.8 Å². The molecule has 1 aliphatic rings. The molecule has 1 aromatic carbocycles. The molecule has 0 aliphatic carbocycles. The molecule has 2 atom stereocenters. The largest absolute Gasteiger partial charge is 0.490 e. The highest BCUT2D eigenvalue weighted by Crippen LogP contribution is 2.34. The molecular weight excluding hydrogens is 317 g/mol. The summed E-state index contributed by atoms with van der Waals surface area (Å²) in [6, 6.07) is 3.63. The van der Waals surface area contributed by atoms with Gasteiger partial charge in [0.1, 0.15) is 6.04 Å². The van der Waals surface area contributed by atoms with Gasteiger partial charge in [0, 0.05) is 13.0 Å². The molecule has 0 saturated carbocycles. The van der Waals surface area contributed by atoms with Crippen LogP contribution < -0.4 is 4.74 Å². The maximum atomic E-state index is 14.0. The molecular formula is C16H18FN3O4. The van der Waals surface area contributed by atoms with Crippen molar-refractivity contribution in [1.29, 1.82) is 0 Å². The SMILES string of the molecule is CCOc1c(F)cccc1C(=O)N1C[C@H](O)C[C@@H]1c1nc(C)no1. The molecule has 1 saturated heterocycles. The number of aliphatic hydroxyl groups is 1. The highest BCUT2D eigenvalue weighted by Gasteiger charge is 2.40. The first-order chi connectivity index (χ1) is 11.5. The zero-order chi connectivity index (χ0) is 17.3. The van der Waals surface area contributed by atoms with Gasteiger partial charge >= 0.3 is 0 Å². The van der Waals surface area contributed by atoms with Crippen molar-refractivity contribution in [3.05, 3.63) is 41.3 Å². The number of carbonyl (C=O) groups is 1. The van der Waals surface area contributed by atoms with Crippen molar-refractivity contribution < 1.29 is 23.6 Å². The number of aliphatic hydroxyl groups excluding tert-OH is 1. The standard InChI is InChI=1S/C16H18FN3O4/c1-3-23-14-11(5-4-6-12(14)17)16(22)20-8-10(21)7-13(20)15-18-9(2)19-24-15/h4-6,10,13,21H,3,7-8H2,1-2H3/t10-,13-/m1/s1. The number of carbonyl (C=O) groups excluding carboxylic acids is 1. The predicted molar refractivity (Wildman–Crippen MR) is 81.0 cm³/mol. The van der Waals surface area contributed by atoms with Crippen LogP contribution in [0.2, 0.25) is 0 Å². The molecule has 128 valence electrons. The summed E-state index contributed by atoms with van der Waals surface area (Å²) in [5, 5.41) is 13.7. The molecule has 1 N–H and O–H groups in total. The lowest BCUT2D eigenvalue weighted by atomic mass is 10.1. The number of amides is 1. The van der Waals surface area contributed by atoms with Gasteiger partial charge in [-0.25, -0.2) is 4.39 Å². The molecule has 0 unspecified atom stereocenters. The summed E-state index contributed by atoms with van der Waals surface area (Å²) in [5.41, 5.74) is 0.104. The summed E-state index contributed by atoms with van der Waals surface area (Å²) < 4.78 is 24.4. The lowest BCUT2D eigenvalue weighted by Crippen LogP contribution is -2.32. The van der Waals surface area contributed by atoms with Crippen molar-refractivity contribution in [2.24, 2.45) is 0 Å². The van der Waals surface area contributed by atoms with E-state index in [1.54, 1.807) is 13.8 Å². The Labute approximate surface area is 138 Å². The number of benzene rings is 1. The summed E-state index contributed by atoms with van der Waals surface area (Å²) in [6.45, 7) is 3.72. The fourth-order valence-electron chi connectivity index (χ4n) is 2.84. The van der Waals surface area contributed by atoms with E-state index in [9.17, 15) is 14.3 Å². The number of β-amino-alcohol motifs (C(OH)–C–C–N with tert-alkyl or cyclic N) is 1. The Bertz CT molecular complexity index is 749. The van der Waals surface area contributed by atoms with Crippen LogP contribution in [0.1, 0.15) is 41.5 Å². The number of hydrogen-bond donors (Lipinski definition) is 1. The van der Waals surface area contributed by atoms with Crippen molar-refractivity contribution in [2.45, 2.75) is 32.4 Å². The van der Waals surface area contributed by atoms with Gasteiger partial charge in [0.2, 0.25) is 5.89 Å². The smallest absolute Gasteiger partial charge is 0.258 e. The highest BCUT2D eigenvalue weighted by atomic mass is 19.1. The van der Waals surface area contributed by atoms with Gasteiger partial charge in [-0.3, -0.25) is 4.79 Å². The van der Waals surface area contributed by atoms with Gasteiger partial charge in [-0.05, 0) is 26.0 Å². The number of aryl methyl sites for hydroxylation is 1. The molecule has 0 spiro atoms. The first kappa shape index (κ1) is 16.4. The van der Waals surface area contributed by atoms with Crippen molar-refractivity contribution >= 4 is 5.91 Å². The molecule has 8 heteroatoms. The maximum Gasteiger partial charge on any atom is 0.258 e. The van der Waals surface area contributed by atoms with Crippen LogP contribution in [0.3, 0.4) is 0 Å². The van der Waals surface area contributed by atoms with Gasteiger partial charge < -0.3 is 19.3 Å². The van der Waals surface area contributed by atoms with Crippen LogP contribution in [0.4, 0.5) is 4.39 Å². The summed E-state index contributed by atoms with van der Waals surface area (Å²) in [4.78, 5) is 18.5. The van der Waals surface area contributed by atoms with Crippen LogP contribution in [0.25, 0.3) is 0 Å². The van der Waals surface area contributed by atoms with E-state index in [0.717, 1.165) is 0 Å². The number of likely N-dealkylation sites (tertiary alicyclic amines) is 1. The quantitative estimate of drug-likeness (QED) is 0.917. The Kier molecular flexibility index (Phi) is 4.48. The second-order valence-corrected chi connectivity index (χ2v) is 5.59. The van der Waals surface area contributed by atoms with Crippen molar-refractivity contribution in [1.82, 2.24) is 15.0 Å². The minimum atomic E-state index is -0.713. The third kappa shape index (κ3) is 2.96. The minimum Gasteiger partial charge on any atom is -0.490 e. The second kappa shape index (κ2) is 6.56. The molecule has 0 bridgehead atoms. The fourth-order valence-corrected chi connectivity index (χ4v) is 2.84. The molecule has 2 aromatic rings. The fraction of sp³-hybridized carbons (Fsp3) is 0.438. The molecule has 1 aliphatic heterocycles. The second-order valence-electron chi connectivity index (χ2n) is 5.59. The molecule has 24 heavy (non-hydrogen) atoms. The zero-order valence-corrected chi connectivity index (χ0v) is 13.4. The average Bonchev–Trinajstić information content (AvgIpc) is 3.14. The Hall–Kier alpha value is -2.48. The van der Waals surface area contributed by atoms with Crippen molar-refractivity contribution in [3.63, 3.8) is 0 Å².